The van der Waals surface area contributed by atoms with Crippen molar-refractivity contribution in [1.82, 2.24) is 0 Å². The van der Waals surface area contributed by atoms with Crippen LogP contribution < -0.4 is 0 Å². The van der Waals surface area contributed by atoms with E-state index in [0.29, 0.717) is 6.61 Å². The van der Waals surface area contributed by atoms with Crippen molar-refractivity contribution in [3.8, 4) is 0 Å². The summed E-state index contributed by atoms with van der Waals surface area (Å²) in [5.74, 6) is -0.275. The van der Waals surface area contributed by atoms with Crippen molar-refractivity contribution < 1.29 is 19.4 Å². The molecular formula is C16H22O4. The molecule has 0 saturated carbocycles. The molecule has 20 heavy (non-hydrogen) atoms. The Balaban J connectivity index is 2.20. The zero-order valence-corrected chi connectivity index (χ0v) is 12.5. The quantitative estimate of drug-likeness (QED) is 0.860. The molecule has 0 aromatic heterocycles. The van der Waals surface area contributed by atoms with E-state index in [4.69, 9.17) is 14.6 Å². The molecule has 110 valence electrons. The van der Waals surface area contributed by atoms with Gasteiger partial charge in [-0.3, -0.25) is 4.79 Å². The summed E-state index contributed by atoms with van der Waals surface area (Å²) >= 11 is 0. The van der Waals surface area contributed by atoms with Crippen LogP contribution in [0.15, 0.2) is 24.3 Å². The van der Waals surface area contributed by atoms with Crippen LogP contribution in [0.4, 0.5) is 0 Å². The summed E-state index contributed by atoms with van der Waals surface area (Å²) in [6.07, 6.45) is -0.107. The summed E-state index contributed by atoms with van der Waals surface area (Å²) in [6.45, 7) is 7.87. The average Bonchev–Trinajstić information content (AvgIpc) is 2.42. The smallest absolute Gasteiger partial charge is 0.302 e. The second kappa shape index (κ2) is 5.19. The third kappa shape index (κ3) is 2.45. The van der Waals surface area contributed by atoms with Gasteiger partial charge in [0.15, 0.2) is 0 Å². The Morgan fingerprint density at radius 1 is 1.30 bits per heavy atom. The van der Waals surface area contributed by atoms with Gasteiger partial charge in [-0.25, -0.2) is 0 Å². The molecule has 4 heteroatoms. The van der Waals surface area contributed by atoms with Gasteiger partial charge < -0.3 is 14.6 Å². The van der Waals surface area contributed by atoms with E-state index in [9.17, 15) is 4.79 Å². The number of aliphatic hydroxyl groups excluding tert-OH is 1. The van der Waals surface area contributed by atoms with E-state index in [-0.39, 0.29) is 29.7 Å². The van der Waals surface area contributed by atoms with Gasteiger partial charge in [-0.05, 0) is 25.0 Å². The lowest BCUT2D eigenvalue weighted by Gasteiger charge is -2.59. The van der Waals surface area contributed by atoms with Crippen LogP contribution in [0.5, 0.6) is 0 Å². The van der Waals surface area contributed by atoms with Gasteiger partial charge >= 0.3 is 5.97 Å². The first-order valence-corrected chi connectivity index (χ1v) is 6.81. The zero-order valence-electron chi connectivity index (χ0n) is 12.5. The Labute approximate surface area is 119 Å². The molecule has 1 fully saturated rings. The number of hydrogen-bond donors (Lipinski definition) is 1. The lowest BCUT2D eigenvalue weighted by Crippen LogP contribution is -2.61. The minimum absolute atomic E-state index is 0.0298. The van der Waals surface area contributed by atoms with E-state index in [1.54, 1.807) is 0 Å². The molecule has 0 radical (unpaired) electrons. The molecule has 1 N–H and O–H groups in total. The Bertz CT molecular complexity index is 492. The third-order valence-electron chi connectivity index (χ3n) is 4.41. The molecule has 1 aromatic rings. The van der Waals surface area contributed by atoms with Crippen molar-refractivity contribution >= 4 is 5.97 Å². The van der Waals surface area contributed by atoms with Crippen molar-refractivity contribution in [3.05, 3.63) is 35.4 Å². The normalized spacial score (nSPS) is 27.8. The second-order valence-electron chi connectivity index (χ2n) is 6.11. The van der Waals surface area contributed by atoms with Gasteiger partial charge in [0, 0.05) is 6.92 Å². The minimum atomic E-state index is -0.344. The van der Waals surface area contributed by atoms with Gasteiger partial charge in [0.25, 0.3) is 0 Å². The van der Waals surface area contributed by atoms with Gasteiger partial charge in [-0.1, -0.05) is 31.2 Å². The van der Waals surface area contributed by atoms with E-state index < -0.39 is 0 Å². The number of ether oxygens (including phenoxy) is 2. The standard InChI is InChI=1S/C16H22O4/c1-11(18)19-10-16(4)14(20-15(16,2)3)13-7-5-12(9-17)6-8-13/h5-8,14,17H,9-10H2,1-4H3. The number of carbonyl (C=O) groups is 1. The van der Waals surface area contributed by atoms with Crippen LogP contribution in [0, 0.1) is 5.41 Å². The first kappa shape index (κ1) is 15.0. The van der Waals surface area contributed by atoms with Crippen molar-refractivity contribution in [2.24, 2.45) is 5.41 Å². The van der Waals surface area contributed by atoms with Crippen LogP contribution in [-0.2, 0) is 20.9 Å². The predicted molar refractivity (Wildman–Crippen MR) is 75.0 cm³/mol. The summed E-state index contributed by atoms with van der Waals surface area (Å²) in [5.41, 5.74) is 1.30. The molecule has 4 nitrogen and oxygen atoms in total. The first-order valence-electron chi connectivity index (χ1n) is 6.81. The molecule has 1 heterocycles. The van der Waals surface area contributed by atoms with Crippen LogP contribution in [0.2, 0.25) is 0 Å². The third-order valence-corrected chi connectivity index (χ3v) is 4.41. The average molecular weight is 278 g/mol. The summed E-state index contributed by atoms with van der Waals surface area (Å²) < 4.78 is 11.2. The minimum Gasteiger partial charge on any atom is -0.465 e. The molecule has 0 spiro atoms. The van der Waals surface area contributed by atoms with Crippen molar-refractivity contribution in [2.45, 2.75) is 46.0 Å². The van der Waals surface area contributed by atoms with E-state index in [2.05, 4.69) is 6.92 Å². The number of esters is 1. The molecule has 0 amide bonds. The van der Waals surface area contributed by atoms with Crippen LogP contribution in [-0.4, -0.2) is 23.3 Å². The molecule has 0 aliphatic carbocycles. The van der Waals surface area contributed by atoms with Crippen molar-refractivity contribution in [1.29, 1.82) is 0 Å². The van der Waals surface area contributed by atoms with Crippen LogP contribution >= 0.6 is 0 Å². The largest absolute Gasteiger partial charge is 0.465 e. The number of hydrogen-bond acceptors (Lipinski definition) is 4. The van der Waals surface area contributed by atoms with Crippen molar-refractivity contribution in [3.63, 3.8) is 0 Å². The highest BCUT2D eigenvalue weighted by Crippen LogP contribution is 2.58. The predicted octanol–water partition coefficient (Wildman–Crippen LogP) is 2.60. The molecular weight excluding hydrogens is 256 g/mol. The topological polar surface area (TPSA) is 55.8 Å². The van der Waals surface area contributed by atoms with Crippen LogP contribution in [0.25, 0.3) is 0 Å². The number of aliphatic hydroxyl groups is 1. The Kier molecular flexibility index (Phi) is 3.89. The first-order chi connectivity index (χ1) is 9.30. The van der Waals surface area contributed by atoms with Crippen LogP contribution in [0.1, 0.15) is 44.9 Å². The summed E-state index contributed by atoms with van der Waals surface area (Å²) in [7, 11) is 0. The summed E-state index contributed by atoms with van der Waals surface area (Å²) in [5, 5.41) is 9.08. The van der Waals surface area contributed by atoms with Gasteiger partial charge in [0.1, 0.15) is 6.61 Å². The maximum Gasteiger partial charge on any atom is 0.302 e. The van der Waals surface area contributed by atoms with Crippen molar-refractivity contribution in [2.75, 3.05) is 6.61 Å². The Morgan fingerprint density at radius 2 is 1.90 bits per heavy atom. The SMILES string of the molecule is CC(=O)OCC1(C)C(c2ccc(CO)cc2)OC1(C)C. The van der Waals surface area contributed by atoms with E-state index in [0.717, 1.165) is 11.1 Å². The molecule has 1 aromatic carbocycles. The maximum absolute atomic E-state index is 11.1. The van der Waals surface area contributed by atoms with E-state index in [1.807, 2.05) is 38.1 Å². The van der Waals surface area contributed by atoms with E-state index >= 15 is 0 Å². The summed E-state index contributed by atoms with van der Waals surface area (Å²) in [4.78, 5) is 11.1. The molecule has 2 atom stereocenters. The molecule has 1 aliphatic heterocycles. The fraction of sp³-hybridized carbons (Fsp3) is 0.562. The summed E-state index contributed by atoms with van der Waals surface area (Å²) in [6, 6.07) is 7.68. The number of rotatable bonds is 4. The monoisotopic (exact) mass is 278 g/mol. The highest BCUT2D eigenvalue weighted by molar-refractivity contribution is 5.66. The molecule has 0 bridgehead atoms. The van der Waals surface area contributed by atoms with Gasteiger partial charge in [-0.2, -0.15) is 0 Å². The van der Waals surface area contributed by atoms with E-state index in [1.165, 1.54) is 6.92 Å². The highest BCUT2D eigenvalue weighted by Gasteiger charge is 2.60. The maximum atomic E-state index is 11.1. The fourth-order valence-corrected chi connectivity index (χ4v) is 2.55. The molecule has 2 rings (SSSR count). The van der Waals surface area contributed by atoms with Gasteiger partial charge in [-0.15, -0.1) is 0 Å². The van der Waals surface area contributed by atoms with Gasteiger partial charge in [0.2, 0.25) is 0 Å². The number of benzene rings is 1. The molecule has 1 saturated heterocycles. The molecule has 2 unspecified atom stereocenters. The fourth-order valence-electron chi connectivity index (χ4n) is 2.55. The number of carbonyl (C=O) groups excluding carboxylic acids is 1. The Hall–Kier alpha value is -1.39. The molecule has 1 aliphatic rings. The lowest BCUT2D eigenvalue weighted by molar-refractivity contribution is -0.314. The highest BCUT2D eigenvalue weighted by atomic mass is 16.6. The Morgan fingerprint density at radius 3 is 2.35 bits per heavy atom. The van der Waals surface area contributed by atoms with Crippen LogP contribution in [0.3, 0.4) is 0 Å². The lowest BCUT2D eigenvalue weighted by atomic mass is 9.64. The van der Waals surface area contributed by atoms with Gasteiger partial charge in [0.05, 0.1) is 23.7 Å². The zero-order chi connectivity index (χ0) is 15.0. The second-order valence-corrected chi connectivity index (χ2v) is 6.11.